The lowest BCUT2D eigenvalue weighted by Gasteiger charge is -1.96. The van der Waals surface area contributed by atoms with Gasteiger partial charge in [0.05, 0.1) is 0 Å². The van der Waals surface area contributed by atoms with Crippen LogP contribution in [0.3, 0.4) is 0 Å². The van der Waals surface area contributed by atoms with Gasteiger partial charge in [0.25, 0.3) is 0 Å². The van der Waals surface area contributed by atoms with Crippen molar-refractivity contribution in [3.05, 3.63) is 35.6 Å². The van der Waals surface area contributed by atoms with Gasteiger partial charge < -0.3 is 5.11 Å². The Labute approximate surface area is 81.5 Å². The minimum absolute atomic E-state index is 0.413. The Kier molecular flexibility index (Phi) is 7.08. The van der Waals surface area contributed by atoms with Gasteiger partial charge in [-0.1, -0.05) is 45.4 Å². The maximum Gasteiger partial charge on any atom is 0.118 e. The zero-order valence-electron chi connectivity index (χ0n) is 8.88. The molecule has 74 valence electrons. The number of hydrogen-bond acceptors (Lipinski definition) is 1. The third-order valence-electron chi connectivity index (χ3n) is 1.58. The summed E-state index contributed by atoms with van der Waals surface area (Å²) in [7, 11) is 0. The molecule has 0 atom stereocenters. The second-order valence-corrected chi connectivity index (χ2v) is 3.01. The fraction of sp³-hybridized carbons (Fsp3) is 0.500. The average molecular weight is 180 g/mol. The van der Waals surface area contributed by atoms with Crippen LogP contribution in [0.5, 0.6) is 0 Å². The van der Waals surface area contributed by atoms with Gasteiger partial charge in [0.1, 0.15) is 5.76 Å². The van der Waals surface area contributed by atoms with E-state index in [2.05, 4.69) is 19.9 Å². The number of rotatable bonds is 1. The smallest absolute Gasteiger partial charge is 0.118 e. The van der Waals surface area contributed by atoms with Gasteiger partial charge in [0, 0.05) is 0 Å². The molecule has 0 heterocycles. The van der Waals surface area contributed by atoms with E-state index in [-0.39, 0.29) is 0 Å². The molecule has 1 aliphatic carbocycles. The van der Waals surface area contributed by atoms with Crippen molar-refractivity contribution in [2.24, 2.45) is 0 Å². The van der Waals surface area contributed by atoms with E-state index in [1.807, 2.05) is 19.1 Å². The Balaban J connectivity index is 0.000000424. The minimum Gasteiger partial charge on any atom is -0.508 e. The van der Waals surface area contributed by atoms with Crippen molar-refractivity contribution >= 4 is 0 Å². The van der Waals surface area contributed by atoms with Crippen LogP contribution in [-0.2, 0) is 0 Å². The van der Waals surface area contributed by atoms with E-state index in [9.17, 15) is 5.11 Å². The SMILES string of the molecule is CCC.CCC1=C(O)C=CCC=C1. The Hall–Kier alpha value is -0.980. The van der Waals surface area contributed by atoms with Crippen LogP contribution in [0.2, 0.25) is 0 Å². The Bertz CT molecular complexity index is 209. The van der Waals surface area contributed by atoms with E-state index >= 15 is 0 Å². The van der Waals surface area contributed by atoms with E-state index in [0.29, 0.717) is 5.76 Å². The van der Waals surface area contributed by atoms with Crippen LogP contribution in [0.4, 0.5) is 0 Å². The highest BCUT2D eigenvalue weighted by molar-refractivity contribution is 5.30. The van der Waals surface area contributed by atoms with E-state index in [4.69, 9.17) is 0 Å². The van der Waals surface area contributed by atoms with Crippen molar-refractivity contribution in [2.75, 3.05) is 0 Å². The number of allylic oxidation sites excluding steroid dienone is 5. The Morgan fingerprint density at radius 1 is 1.15 bits per heavy atom. The summed E-state index contributed by atoms with van der Waals surface area (Å²) >= 11 is 0. The first-order valence-corrected chi connectivity index (χ1v) is 5.01. The summed E-state index contributed by atoms with van der Waals surface area (Å²) in [5, 5.41) is 9.29. The molecule has 1 heteroatoms. The molecule has 0 bridgehead atoms. The average Bonchev–Trinajstić information content (AvgIpc) is 2.31. The summed E-state index contributed by atoms with van der Waals surface area (Å²) < 4.78 is 0. The van der Waals surface area contributed by atoms with Crippen molar-refractivity contribution < 1.29 is 5.11 Å². The maximum absolute atomic E-state index is 9.29. The summed E-state index contributed by atoms with van der Waals surface area (Å²) in [6, 6.07) is 0. The molecule has 0 unspecified atom stereocenters. The van der Waals surface area contributed by atoms with Gasteiger partial charge in [-0.2, -0.15) is 0 Å². The molecule has 0 saturated carbocycles. The van der Waals surface area contributed by atoms with Gasteiger partial charge >= 0.3 is 0 Å². The molecule has 0 aromatic carbocycles. The molecule has 0 spiro atoms. The molecule has 1 nitrogen and oxygen atoms in total. The van der Waals surface area contributed by atoms with Crippen molar-refractivity contribution in [2.45, 2.75) is 40.0 Å². The number of aliphatic hydroxyl groups is 1. The van der Waals surface area contributed by atoms with Crippen LogP contribution in [-0.4, -0.2) is 5.11 Å². The van der Waals surface area contributed by atoms with Gasteiger partial charge in [-0.15, -0.1) is 0 Å². The first-order valence-electron chi connectivity index (χ1n) is 5.01. The molecule has 0 aromatic rings. The summed E-state index contributed by atoms with van der Waals surface area (Å²) in [4.78, 5) is 0. The molecule has 0 amide bonds. The second kappa shape index (κ2) is 7.66. The lowest BCUT2D eigenvalue weighted by atomic mass is 10.1. The van der Waals surface area contributed by atoms with Crippen molar-refractivity contribution in [1.29, 1.82) is 0 Å². The fourth-order valence-corrected chi connectivity index (χ4v) is 0.960. The molecule has 1 aliphatic rings. The molecule has 0 aromatic heterocycles. The van der Waals surface area contributed by atoms with Gasteiger partial charge in [-0.05, 0) is 24.5 Å². The standard InChI is InChI=1S/C9H12O.C3H8/c1-2-8-6-4-3-5-7-9(8)10;1-3-2/h4-7,10H,2-3H2,1H3;3H2,1-2H3. The fourth-order valence-electron chi connectivity index (χ4n) is 0.960. The molecule has 0 fully saturated rings. The number of hydrogen-bond donors (Lipinski definition) is 1. The highest BCUT2D eigenvalue weighted by Gasteiger charge is 1.97. The second-order valence-electron chi connectivity index (χ2n) is 3.01. The zero-order valence-corrected chi connectivity index (χ0v) is 8.88. The van der Waals surface area contributed by atoms with Crippen LogP contribution >= 0.6 is 0 Å². The van der Waals surface area contributed by atoms with Crippen LogP contribution < -0.4 is 0 Å². The van der Waals surface area contributed by atoms with Crippen molar-refractivity contribution in [1.82, 2.24) is 0 Å². The van der Waals surface area contributed by atoms with Gasteiger partial charge in [-0.3, -0.25) is 0 Å². The first-order chi connectivity index (χ1) is 6.26. The van der Waals surface area contributed by atoms with Gasteiger partial charge in [0.2, 0.25) is 0 Å². The van der Waals surface area contributed by atoms with Crippen LogP contribution in [0.15, 0.2) is 35.6 Å². The predicted octanol–water partition coefficient (Wildman–Crippen LogP) is 4.14. The van der Waals surface area contributed by atoms with Crippen molar-refractivity contribution in [3.63, 3.8) is 0 Å². The first kappa shape index (κ1) is 12.0. The molecule has 1 N–H and O–H groups in total. The Morgan fingerprint density at radius 3 is 2.23 bits per heavy atom. The van der Waals surface area contributed by atoms with Crippen LogP contribution in [0.25, 0.3) is 0 Å². The Morgan fingerprint density at radius 2 is 1.69 bits per heavy atom. The van der Waals surface area contributed by atoms with E-state index in [1.54, 1.807) is 6.08 Å². The largest absolute Gasteiger partial charge is 0.508 e. The van der Waals surface area contributed by atoms with Crippen LogP contribution in [0.1, 0.15) is 40.0 Å². The topological polar surface area (TPSA) is 20.2 Å². The van der Waals surface area contributed by atoms with E-state index < -0.39 is 0 Å². The lowest BCUT2D eigenvalue weighted by Crippen LogP contribution is -1.81. The summed E-state index contributed by atoms with van der Waals surface area (Å²) in [5.74, 6) is 0.413. The predicted molar refractivity (Wildman–Crippen MR) is 58.8 cm³/mol. The minimum atomic E-state index is 0.413. The summed E-state index contributed by atoms with van der Waals surface area (Å²) in [6.45, 7) is 6.29. The highest BCUT2D eigenvalue weighted by atomic mass is 16.3. The van der Waals surface area contributed by atoms with E-state index in [0.717, 1.165) is 18.4 Å². The highest BCUT2D eigenvalue weighted by Crippen LogP contribution is 2.12. The summed E-state index contributed by atoms with van der Waals surface area (Å²) in [6.07, 6.45) is 10.8. The summed E-state index contributed by atoms with van der Waals surface area (Å²) in [5.41, 5.74) is 1.02. The normalized spacial score (nSPS) is 15.0. The third kappa shape index (κ3) is 5.29. The molecular weight excluding hydrogens is 160 g/mol. The van der Waals surface area contributed by atoms with Crippen LogP contribution in [0, 0.1) is 0 Å². The molecule has 0 aliphatic heterocycles. The quantitative estimate of drug-likeness (QED) is 0.643. The molecule has 0 radical (unpaired) electrons. The molecular formula is C12H20O. The van der Waals surface area contributed by atoms with Gasteiger partial charge in [-0.25, -0.2) is 0 Å². The number of aliphatic hydroxyl groups excluding tert-OH is 1. The molecule has 13 heavy (non-hydrogen) atoms. The third-order valence-corrected chi connectivity index (χ3v) is 1.58. The van der Waals surface area contributed by atoms with Gasteiger partial charge in [0.15, 0.2) is 0 Å². The zero-order chi connectivity index (χ0) is 10.1. The van der Waals surface area contributed by atoms with Crippen molar-refractivity contribution in [3.8, 4) is 0 Å². The lowest BCUT2D eigenvalue weighted by molar-refractivity contribution is 0.425. The monoisotopic (exact) mass is 180 g/mol. The molecule has 1 rings (SSSR count). The van der Waals surface area contributed by atoms with E-state index in [1.165, 1.54) is 6.42 Å². The maximum atomic E-state index is 9.29. The molecule has 0 saturated heterocycles.